The van der Waals surface area contributed by atoms with Crippen molar-refractivity contribution in [3.8, 4) is 22.7 Å². The van der Waals surface area contributed by atoms with E-state index < -0.39 is 48.0 Å². The molecule has 3 rings (SSSR count). The van der Waals surface area contributed by atoms with Gasteiger partial charge < -0.3 is 15.2 Å². The average molecular weight is 488 g/mol. The van der Waals surface area contributed by atoms with Crippen molar-refractivity contribution >= 4 is 5.91 Å². The van der Waals surface area contributed by atoms with Gasteiger partial charge in [0.25, 0.3) is 17.9 Å². The summed E-state index contributed by atoms with van der Waals surface area (Å²) in [6.07, 6.45) is -11.6. The van der Waals surface area contributed by atoms with E-state index in [1.54, 1.807) is 0 Å². The molecule has 1 unspecified atom stereocenters. The van der Waals surface area contributed by atoms with Crippen molar-refractivity contribution in [3.63, 3.8) is 0 Å². The van der Waals surface area contributed by atoms with E-state index in [2.05, 4.69) is 14.8 Å². The van der Waals surface area contributed by atoms with Crippen molar-refractivity contribution in [2.45, 2.75) is 25.2 Å². The molecule has 180 valence electrons. The maximum absolute atomic E-state index is 13.8. The first-order valence-corrected chi connectivity index (χ1v) is 9.28. The Morgan fingerprint density at radius 3 is 2.35 bits per heavy atom. The third-order valence-electron chi connectivity index (χ3n) is 4.26. The summed E-state index contributed by atoms with van der Waals surface area (Å²) in [6, 6.07) is 7.96. The zero-order valence-electron chi connectivity index (χ0n) is 16.7. The van der Waals surface area contributed by atoms with Gasteiger partial charge in [0.1, 0.15) is 11.3 Å². The maximum Gasteiger partial charge on any atom is 0.573 e. The molecule has 2 aromatic heterocycles. The van der Waals surface area contributed by atoms with Crippen LogP contribution in [-0.2, 0) is 0 Å². The Bertz CT molecular complexity index is 1200. The Hall–Kier alpha value is -3.94. The molecular formula is C20H14F6N4O4. The summed E-state index contributed by atoms with van der Waals surface area (Å²) in [5.41, 5.74) is -1.73. The Kier molecular flexibility index (Phi) is 7.20. The minimum Gasteiger partial charge on any atom is -0.406 e. The molecule has 0 spiro atoms. The Morgan fingerprint density at radius 2 is 1.79 bits per heavy atom. The fourth-order valence-corrected chi connectivity index (χ4v) is 2.70. The molecule has 3 aromatic rings. The SMILES string of the molecule is O=C(NC(F)[C@H](O)C(F)F)c1cc(-c2ccc(OC(F)(F)F)cc2)nn(-c2cccnc2)c1=O. The number of alkyl halides is 6. The molecule has 8 nitrogen and oxygen atoms in total. The molecule has 0 aliphatic heterocycles. The van der Waals surface area contributed by atoms with Crippen LogP contribution in [0.5, 0.6) is 5.75 Å². The smallest absolute Gasteiger partial charge is 0.406 e. The van der Waals surface area contributed by atoms with Crippen LogP contribution in [0.1, 0.15) is 10.4 Å². The van der Waals surface area contributed by atoms with Gasteiger partial charge in [-0.2, -0.15) is 9.78 Å². The topological polar surface area (TPSA) is 106 Å². The number of aromatic nitrogens is 3. The summed E-state index contributed by atoms with van der Waals surface area (Å²) < 4.78 is 80.5. The minimum absolute atomic E-state index is 0.0739. The molecule has 14 heteroatoms. The lowest BCUT2D eigenvalue weighted by Crippen LogP contribution is -2.45. The molecule has 0 saturated carbocycles. The highest BCUT2D eigenvalue weighted by Crippen LogP contribution is 2.26. The number of aliphatic hydroxyl groups is 1. The van der Waals surface area contributed by atoms with Crippen LogP contribution in [0.3, 0.4) is 0 Å². The number of benzene rings is 1. The molecule has 0 aliphatic carbocycles. The number of carbonyl (C=O) groups excluding carboxylic acids is 1. The highest BCUT2D eigenvalue weighted by molar-refractivity contribution is 5.95. The van der Waals surface area contributed by atoms with Crippen LogP contribution in [-0.4, -0.2) is 51.0 Å². The first-order valence-electron chi connectivity index (χ1n) is 9.28. The van der Waals surface area contributed by atoms with Crippen LogP contribution in [0.2, 0.25) is 0 Å². The summed E-state index contributed by atoms with van der Waals surface area (Å²) >= 11 is 0. The summed E-state index contributed by atoms with van der Waals surface area (Å²) in [4.78, 5) is 29.1. The van der Waals surface area contributed by atoms with E-state index in [0.29, 0.717) is 4.68 Å². The normalized spacial score (nSPS) is 13.4. The zero-order valence-corrected chi connectivity index (χ0v) is 16.7. The van der Waals surface area contributed by atoms with E-state index in [9.17, 15) is 35.9 Å². The fraction of sp³-hybridized carbons (Fsp3) is 0.200. The number of hydrogen-bond donors (Lipinski definition) is 2. The van der Waals surface area contributed by atoms with Gasteiger partial charge in [-0.25, -0.2) is 13.2 Å². The molecule has 1 aromatic carbocycles. The lowest BCUT2D eigenvalue weighted by atomic mass is 10.1. The van der Waals surface area contributed by atoms with Crippen molar-refractivity contribution in [1.82, 2.24) is 20.1 Å². The number of halogens is 6. The lowest BCUT2D eigenvalue weighted by Gasteiger charge is -2.17. The Balaban J connectivity index is 2.05. The van der Waals surface area contributed by atoms with Crippen LogP contribution < -0.4 is 15.6 Å². The number of aliphatic hydroxyl groups excluding tert-OH is 1. The van der Waals surface area contributed by atoms with Crippen LogP contribution in [0.25, 0.3) is 16.9 Å². The molecule has 0 bridgehead atoms. The number of nitrogens with one attached hydrogen (secondary N) is 1. The summed E-state index contributed by atoms with van der Waals surface area (Å²) in [5, 5.41) is 14.6. The van der Waals surface area contributed by atoms with Gasteiger partial charge in [-0.1, -0.05) is 0 Å². The molecule has 2 heterocycles. The van der Waals surface area contributed by atoms with Crippen LogP contribution in [0.15, 0.2) is 59.7 Å². The average Bonchev–Trinajstić information content (AvgIpc) is 2.78. The molecule has 0 radical (unpaired) electrons. The number of nitrogens with zero attached hydrogens (tertiary/aromatic N) is 3. The lowest BCUT2D eigenvalue weighted by molar-refractivity contribution is -0.274. The third kappa shape index (κ3) is 5.89. The van der Waals surface area contributed by atoms with E-state index in [-0.39, 0.29) is 16.9 Å². The second kappa shape index (κ2) is 9.91. The number of hydrogen-bond acceptors (Lipinski definition) is 6. The standard InChI is InChI=1S/C20H14F6N4O4/c21-16(22)15(31)17(23)28-18(32)13-8-14(10-3-5-12(6-4-10)34-20(24,25)26)29-30(19(13)33)11-2-1-7-27-9-11/h1-9,15-17,31H,(H,28,32)/t15-,17?/m1/s1. The van der Waals surface area contributed by atoms with Crippen LogP contribution >= 0.6 is 0 Å². The predicted molar refractivity (Wildman–Crippen MR) is 104 cm³/mol. The molecule has 1 amide bonds. The first-order chi connectivity index (χ1) is 16.0. The first kappa shape index (κ1) is 24.7. The van der Waals surface area contributed by atoms with Crippen molar-refractivity contribution in [2.75, 3.05) is 0 Å². The van der Waals surface area contributed by atoms with Crippen LogP contribution in [0.4, 0.5) is 26.3 Å². The van der Waals surface area contributed by atoms with E-state index in [1.807, 2.05) is 0 Å². The van der Waals surface area contributed by atoms with Gasteiger partial charge in [0, 0.05) is 11.8 Å². The van der Waals surface area contributed by atoms with Gasteiger partial charge in [0.2, 0.25) is 6.30 Å². The molecule has 2 N–H and O–H groups in total. The number of carbonyl (C=O) groups is 1. The van der Waals surface area contributed by atoms with Crippen LogP contribution in [0, 0.1) is 0 Å². The van der Waals surface area contributed by atoms with Crippen molar-refractivity contribution in [1.29, 1.82) is 0 Å². The third-order valence-corrected chi connectivity index (χ3v) is 4.26. The minimum atomic E-state index is -4.93. The largest absolute Gasteiger partial charge is 0.573 e. The fourth-order valence-electron chi connectivity index (χ4n) is 2.70. The summed E-state index contributed by atoms with van der Waals surface area (Å²) in [7, 11) is 0. The molecule has 0 aliphatic rings. The van der Waals surface area contributed by atoms with Crippen molar-refractivity contribution < 1.29 is 41.0 Å². The molecule has 2 atom stereocenters. The van der Waals surface area contributed by atoms with E-state index in [1.165, 1.54) is 29.8 Å². The van der Waals surface area contributed by atoms with Gasteiger partial charge in [-0.3, -0.25) is 14.6 Å². The monoisotopic (exact) mass is 488 g/mol. The molecule has 34 heavy (non-hydrogen) atoms. The molecule has 0 saturated heterocycles. The zero-order chi connectivity index (χ0) is 25.0. The molecular weight excluding hydrogens is 474 g/mol. The van der Waals surface area contributed by atoms with Gasteiger partial charge in [0.15, 0.2) is 6.10 Å². The maximum atomic E-state index is 13.8. The number of rotatable bonds is 7. The molecule has 0 fully saturated rings. The number of ether oxygens (including phenoxy) is 1. The second-order valence-corrected chi connectivity index (χ2v) is 6.64. The van der Waals surface area contributed by atoms with Gasteiger partial charge in [-0.05, 0) is 42.5 Å². The van der Waals surface area contributed by atoms with Gasteiger partial charge in [-0.15, -0.1) is 13.2 Å². The van der Waals surface area contributed by atoms with Gasteiger partial charge in [0.05, 0.1) is 17.6 Å². The second-order valence-electron chi connectivity index (χ2n) is 6.64. The number of pyridine rings is 1. The Labute approximate surface area is 186 Å². The quantitative estimate of drug-likeness (QED) is 0.392. The predicted octanol–water partition coefficient (Wildman–Crippen LogP) is 2.84. The highest BCUT2D eigenvalue weighted by atomic mass is 19.4. The van der Waals surface area contributed by atoms with E-state index in [0.717, 1.165) is 30.3 Å². The van der Waals surface area contributed by atoms with E-state index >= 15 is 0 Å². The Morgan fingerprint density at radius 1 is 1.12 bits per heavy atom. The highest BCUT2D eigenvalue weighted by Gasteiger charge is 2.31. The van der Waals surface area contributed by atoms with Gasteiger partial charge >= 0.3 is 6.36 Å². The number of amides is 1. The van der Waals surface area contributed by atoms with Crippen molar-refractivity contribution in [3.05, 3.63) is 70.8 Å². The van der Waals surface area contributed by atoms with E-state index in [4.69, 9.17) is 5.11 Å². The summed E-state index contributed by atoms with van der Waals surface area (Å²) in [5.74, 6) is -1.98. The summed E-state index contributed by atoms with van der Waals surface area (Å²) in [6.45, 7) is 0. The van der Waals surface area contributed by atoms with Crippen molar-refractivity contribution in [2.24, 2.45) is 0 Å².